The molecule has 0 saturated heterocycles. The first-order chi connectivity index (χ1) is 9.65. The molecular weight excluding hydrogens is 324 g/mol. The lowest BCUT2D eigenvalue weighted by atomic mass is 10.3. The Hall–Kier alpha value is -2.28. The summed E-state index contributed by atoms with van der Waals surface area (Å²) in [5.74, 6) is 1.23. The van der Waals surface area contributed by atoms with E-state index in [2.05, 4.69) is 36.7 Å². The number of halogens is 1. The maximum absolute atomic E-state index is 11.0. The summed E-state index contributed by atoms with van der Waals surface area (Å²) in [5.41, 5.74) is 6.04. The Bertz CT molecular complexity index is 669. The van der Waals surface area contributed by atoms with E-state index in [4.69, 9.17) is 4.74 Å². The number of ether oxygens (including phenoxy) is 1. The second-order valence-corrected chi connectivity index (χ2v) is 4.74. The van der Waals surface area contributed by atoms with Crippen molar-refractivity contribution in [3.63, 3.8) is 0 Å². The van der Waals surface area contributed by atoms with Gasteiger partial charge in [-0.2, -0.15) is 0 Å². The predicted molar refractivity (Wildman–Crippen MR) is 80.1 cm³/mol. The van der Waals surface area contributed by atoms with Crippen LogP contribution in [0.3, 0.4) is 0 Å². The number of aromatic amines is 1. The normalized spacial score (nSPS) is 11.0. The Kier molecular flexibility index (Phi) is 4.78. The van der Waals surface area contributed by atoms with Crippen LogP contribution in [-0.2, 0) is 0 Å². The van der Waals surface area contributed by atoms with E-state index in [0.717, 1.165) is 10.2 Å². The van der Waals surface area contributed by atoms with Crippen LogP contribution in [0.2, 0.25) is 0 Å². The lowest BCUT2D eigenvalue weighted by Crippen LogP contribution is -2.23. The van der Waals surface area contributed by atoms with Gasteiger partial charge < -0.3 is 10.2 Å². The largest absolute Gasteiger partial charge is 0.462 e. The van der Waals surface area contributed by atoms with Crippen molar-refractivity contribution in [2.75, 3.05) is 5.43 Å². The molecule has 1 heterocycles. The number of allylic oxidation sites excluding steroid dienone is 1. The van der Waals surface area contributed by atoms with Gasteiger partial charge in [0.1, 0.15) is 17.8 Å². The molecule has 0 amide bonds. The van der Waals surface area contributed by atoms with Gasteiger partial charge in [-0.05, 0) is 41.1 Å². The lowest BCUT2D eigenvalue weighted by Gasteiger charge is -2.09. The molecule has 0 saturated carbocycles. The third-order valence-electron chi connectivity index (χ3n) is 2.27. The maximum Gasteiger partial charge on any atom is 0.346 e. The zero-order valence-corrected chi connectivity index (χ0v) is 12.3. The van der Waals surface area contributed by atoms with Crippen LogP contribution in [-0.4, -0.2) is 9.97 Å². The molecule has 104 valence electrons. The molecular formula is C13H13BrN4O2. The van der Waals surface area contributed by atoms with Gasteiger partial charge >= 0.3 is 5.69 Å². The highest BCUT2D eigenvalue weighted by Gasteiger charge is 1.98. The van der Waals surface area contributed by atoms with Crippen LogP contribution < -0.4 is 21.3 Å². The van der Waals surface area contributed by atoms with Crippen molar-refractivity contribution < 1.29 is 4.74 Å². The van der Waals surface area contributed by atoms with E-state index in [9.17, 15) is 4.79 Å². The molecule has 0 bridgehead atoms. The van der Waals surface area contributed by atoms with Crippen LogP contribution in [0.5, 0.6) is 5.75 Å². The molecule has 6 nitrogen and oxygen atoms in total. The first kappa shape index (κ1) is 14.1. The third kappa shape index (κ3) is 4.13. The number of nitrogens with one attached hydrogen (secondary N) is 3. The Labute approximate surface area is 124 Å². The average molecular weight is 337 g/mol. The Morgan fingerprint density at radius 1 is 1.40 bits per heavy atom. The molecule has 0 aliphatic heterocycles. The summed E-state index contributed by atoms with van der Waals surface area (Å²) in [7, 11) is 0. The van der Waals surface area contributed by atoms with Gasteiger partial charge in [-0.25, -0.2) is 9.78 Å². The van der Waals surface area contributed by atoms with Crippen molar-refractivity contribution in [1.29, 1.82) is 0 Å². The number of nitrogens with zero attached hydrogens (tertiary/aromatic N) is 1. The fraction of sp³-hybridized carbons (Fsp3) is 0.0769. The summed E-state index contributed by atoms with van der Waals surface area (Å²) in [6.45, 7) is 1.82. The maximum atomic E-state index is 11.0. The van der Waals surface area contributed by atoms with Crippen molar-refractivity contribution in [3.8, 4) is 5.75 Å². The number of H-pyrrole nitrogens is 1. The number of hydrogen-bond donors (Lipinski definition) is 3. The van der Waals surface area contributed by atoms with Crippen LogP contribution >= 0.6 is 15.9 Å². The molecule has 3 N–H and O–H groups in total. The standard InChI is InChI=1S/C13H13BrN4O2/c1-9(8-20-11-5-3-2-4-10(11)14)17-18-12-6-7-15-13(19)16-12/h2-8,17H,1H3,(H2,15,16,18,19). The zero-order valence-electron chi connectivity index (χ0n) is 10.7. The zero-order chi connectivity index (χ0) is 14.4. The molecule has 0 fully saturated rings. The minimum Gasteiger partial charge on any atom is -0.462 e. The number of rotatable bonds is 5. The van der Waals surface area contributed by atoms with Gasteiger partial charge in [-0.1, -0.05) is 12.1 Å². The molecule has 7 heteroatoms. The second kappa shape index (κ2) is 6.76. The van der Waals surface area contributed by atoms with Crippen LogP contribution in [0.15, 0.2) is 57.8 Å². The molecule has 2 aromatic rings. The van der Waals surface area contributed by atoms with Crippen molar-refractivity contribution >= 4 is 21.7 Å². The molecule has 20 heavy (non-hydrogen) atoms. The van der Waals surface area contributed by atoms with Crippen LogP contribution in [0.1, 0.15) is 6.92 Å². The molecule has 0 atom stereocenters. The van der Waals surface area contributed by atoms with Crippen molar-refractivity contribution in [2.24, 2.45) is 0 Å². The second-order valence-electron chi connectivity index (χ2n) is 3.89. The molecule has 2 rings (SSSR count). The Morgan fingerprint density at radius 3 is 2.95 bits per heavy atom. The van der Waals surface area contributed by atoms with E-state index in [1.54, 1.807) is 12.3 Å². The number of para-hydroxylation sites is 1. The first-order valence-corrected chi connectivity index (χ1v) is 6.60. The molecule has 0 unspecified atom stereocenters. The fourth-order valence-corrected chi connectivity index (χ4v) is 1.71. The lowest BCUT2D eigenvalue weighted by molar-refractivity contribution is 0.468. The van der Waals surface area contributed by atoms with E-state index < -0.39 is 5.69 Å². The van der Waals surface area contributed by atoms with Gasteiger partial charge in [0.25, 0.3) is 0 Å². The summed E-state index contributed by atoms with van der Waals surface area (Å²) in [6.07, 6.45) is 2.98. The minimum absolute atomic E-state index is 0.414. The van der Waals surface area contributed by atoms with E-state index in [0.29, 0.717) is 11.6 Å². The molecule has 1 aromatic heterocycles. The highest BCUT2D eigenvalue weighted by molar-refractivity contribution is 9.10. The van der Waals surface area contributed by atoms with Crippen LogP contribution in [0.25, 0.3) is 0 Å². The Morgan fingerprint density at radius 2 is 2.20 bits per heavy atom. The number of hydrogen-bond acceptors (Lipinski definition) is 5. The highest BCUT2D eigenvalue weighted by Crippen LogP contribution is 2.23. The molecule has 1 aromatic carbocycles. The van der Waals surface area contributed by atoms with Gasteiger partial charge in [0.15, 0.2) is 0 Å². The van der Waals surface area contributed by atoms with Gasteiger partial charge in [-0.15, -0.1) is 0 Å². The molecule has 0 aliphatic rings. The average Bonchev–Trinajstić information content (AvgIpc) is 2.44. The topological polar surface area (TPSA) is 79.0 Å². The van der Waals surface area contributed by atoms with Crippen molar-refractivity contribution in [1.82, 2.24) is 15.4 Å². The predicted octanol–water partition coefficient (Wildman–Crippen LogP) is 2.39. The number of aromatic nitrogens is 2. The summed E-state index contributed by atoms with van der Waals surface area (Å²) < 4.78 is 6.39. The van der Waals surface area contributed by atoms with Crippen LogP contribution in [0.4, 0.5) is 5.82 Å². The third-order valence-corrected chi connectivity index (χ3v) is 2.92. The Balaban J connectivity index is 1.92. The monoisotopic (exact) mass is 336 g/mol. The van der Waals surface area contributed by atoms with Gasteiger partial charge in [0.05, 0.1) is 10.2 Å². The first-order valence-electron chi connectivity index (χ1n) is 5.80. The van der Waals surface area contributed by atoms with Crippen molar-refractivity contribution in [3.05, 3.63) is 63.4 Å². The quantitative estimate of drug-likeness (QED) is 0.577. The minimum atomic E-state index is -0.414. The van der Waals surface area contributed by atoms with E-state index in [1.165, 1.54) is 6.20 Å². The molecule has 0 radical (unpaired) electrons. The van der Waals surface area contributed by atoms with Gasteiger partial charge in [0, 0.05) is 6.20 Å². The van der Waals surface area contributed by atoms with Crippen molar-refractivity contribution in [2.45, 2.75) is 6.92 Å². The van der Waals surface area contributed by atoms with E-state index in [-0.39, 0.29) is 0 Å². The SMILES string of the molecule is CC(=COc1ccccc1Br)NNc1ccnc(=O)[nH]1. The summed E-state index contributed by atoms with van der Waals surface area (Å²) in [5, 5.41) is 0. The van der Waals surface area contributed by atoms with Crippen LogP contribution in [0, 0.1) is 0 Å². The smallest absolute Gasteiger partial charge is 0.346 e. The number of benzene rings is 1. The number of anilines is 1. The molecule has 0 spiro atoms. The molecule has 0 aliphatic carbocycles. The summed E-state index contributed by atoms with van der Waals surface area (Å²) >= 11 is 3.39. The summed E-state index contributed by atoms with van der Waals surface area (Å²) in [6, 6.07) is 9.17. The van der Waals surface area contributed by atoms with Gasteiger partial charge in [0.2, 0.25) is 0 Å². The fourth-order valence-electron chi connectivity index (χ4n) is 1.33. The van der Waals surface area contributed by atoms with E-state index in [1.807, 2.05) is 31.2 Å². The summed E-state index contributed by atoms with van der Waals surface area (Å²) in [4.78, 5) is 17.1. The van der Waals surface area contributed by atoms with Gasteiger partial charge in [-0.3, -0.25) is 10.4 Å². The number of hydrazine groups is 1. The highest BCUT2D eigenvalue weighted by atomic mass is 79.9. The van der Waals surface area contributed by atoms with E-state index >= 15 is 0 Å².